The van der Waals surface area contributed by atoms with E-state index in [9.17, 15) is 54.9 Å². The van der Waals surface area contributed by atoms with Crippen molar-refractivity contribution in [2.24, 2.45) is 5.73 Å². The molecule has 0 unspecified atom stereocenters. The molecule has 13 atom stereocenters. The lowest BCUT2D eigenvalue weighted by atomic mass is 9.88. The van der Waals surface area contributed by atoms with E-state index >= 15 is 0 Å². The molecule has 2 aliphatic heterocycles. The lowest BCUT2D eigenvalue weighted by Gasteiger charge is -2.48. The summed E-state index contributed by atoms with van der Waals surface area (Å²) in [4.78, 5) is 47.0. The van der Waals surface area contributed by atoms with Gasteiger partial charge in [-0.1, -0.05) is 0 Å². The second-order valence-electron chi connectivity index (χ2n) is 10.1. The fraction of sp³-hybridized carbons (Fsp3) is 0.826. The Labute approximate surface area is 239 Å². The van der Waals surface area contributed by atoms with E-state index in [0.29, 0.717) is 0 Å². The van der Waals surface area contributed by atoms with Crippen molar-refractivity contribution in [3.05, 3.63) is 0 Å². The zero-order valence-electron chi connectivity index (χ0n) is 23.0. The average Bonchev–Trinajstić information content (AvgIpc) is 2.91. The molecular weight excluding hydrogens is 574 g/mol. The molecule has 0 saturated carbocycles. The molecule has 12 N–H and O–H groups in total. The van der Waals surface area contributed by atoms with E-state index in [0.717, 1.165) is 13.8 Å². The van der Waals surface area contributed by atoms with Crippen LogP contribution >= 0.6 is 0 Å². The van der Waals surface area contributed by atoms with Crippen molar-refractivity contribution in [1.29, 1.82) is 0 Å². The molecule has 0 bridgehead atoms. The van der Waals surface area contributed by atoms with Gasteiger partial charge in [0.15, 0.2) is 6.29 Å². The molecule has 0 aromatic heterocycles. The van der Waals surface area contributed by atoms with Crippen LogP contribution in [0.15, 0.2) is 0 Å². The van der Waals surface area contributed by atoms with Crippen LogP contribution in [0, 0.1) is 0 Å². The first-order valence-electron chi connectivity index (χ1n) is 12.9. The Kier molecular flexibility index (Phi) is 12.5. The Hall–Kier alpha value is -2.56. The van der Waals surface area contributed by atoms with E-state index in [-0.39, 0.29) is 0 Å². The largest absolute Gasteiger partial charge is 0.480 e. The standard InChI is InChI=1S/C23H39N3O16/c1-7(13(24)20(35)36)40-21-15(26-9(3)29)18(34)17(33)12(41-21)6-39-23(22(37)38)4-10(30)14(25-8(2)28)19(42-23)16(32)11(31)5-27/h7,10-19,21,27,30-34H,4-6,24H2,1-3H3,(H,25,28)(H,26,29)(H,35,36)(H,37,38)/t7-,10+,11-,12-,13+,14-,15-,16-,17+,18-,19-,21-,23-/m1/s1. The predicted molar refractivity (Wildman–Crippen MR) is 133 cm³/mol. The number of rotatable bonds is 13. The van der Waals surface area contributed by atoms with Crippen molar-refractivity contribution in [2.75, 3.05) is 13.2 Å². The third kappa shape index (κ3) is 8.29. The molecule has 19 nitrogen and oxygen atoms in total. The molecule has 2 aliphatic rings. The minimum Gasteiger partial charge on any atom is -0.480 e. The van der Waals surface area contributed by atoms with Crippen LogP contribution in [0.2, 0.25) is 0 Å². The highest BCUT2D eigenvalue weighted by Crippen LogP contribution is 2.35. The Morgan fingerprint density at radius 2 is 1.60 bits per heavy atom. The third-order valence-corrected chi connectivity index (χ3v) is 6.88. The van der Waals surface area contributed by atoms with Gasteiger partial charge in [-0.2, -0.15) is 0 Å². The second kappa shape index (κ2) is 14.8. The first-order chi connectivity index (χ1) is 19.4. The summed E-state index contributed by atoms with van der Waals surface area (Å²) in [5.41, 5.74) is 5.56. The van der Waals surface area contributed by atoms with Gasteiger partial charge in [0.1, 0.15) is 48.7 Å². The smallest absolute Gasteiger partial charge is 0.364 e. The van der Waals surface area contributed by atoms with E-state index in [4.69, 9.17) is 29.8 Å². The number of hydrogen-bond donors (Lipinski definition) is 11. The summed E-state index contributed by atoms with van der Waals surface area (Å²) in [5.74, 6) is -7.44. The molecule has 0 aromatic carbocycles. The van der Waals surface area contributed by atoms with E-state index in [1.54, 1.807) is 0 Å². The number of aliphatic hydroxyl groups is 6. The van der Waals surface area contributed by atoms with Crippen LogP contribution in [-0.2, 0) is 38.1 Å². The molecular formula is C23H39N3O16. The first-order valence-corrected chi connectivity index (χ1v) is 12.9. The number of carboxylic acids is 2. The number of hydrogen-bond acceptors (Lipinski definition) is 15. The van der Waals surface area contributed by atoms with Gasteiger partial charge in [0.2, 0.25) is 11.8 Å². The number of carbonyl (C=O) groups is 4. The number of carbonyl (C=O) groups excluding carboxylic acids is 2. The highest BCUT2D eigenvalue weighted by molar-refractivity contribution is 5.76. The monoisotopic (exact) mass is 613 g/mol. The fourth-order valence-electron chi connectivity index (χ4n) is 4.56. The van der Waals surface area contributed by atoms with Crippen LogP contribution in [0.5, 0.6) is 0 Å². The highest BCUT2D eigenvalue weighted by Gasteiger charge is 2.57. The molecule has 19 heteroatoms. The lowest BCUT2D eigenvalue weighted by Crippen LogP contribution is -2.69. The second-order valence-corrected chi connectivity index (χ2v) is 10.1. The topological polar surface area (TPSA) is 317 Å². The van der Waals surface area contributed by atoms with Crippen LogP contribution in [0.25, 0.3) is 0 Å². The molecule has 0 spiro atoms. The van der Waals surface area contributed by atoms with Gasteiger partial charge in [0.25, 0.3) is 5.79 Å². The maximum atomic E-state index is 12.4. The van der Waals surface area contributed by atoms with Crippen LogP contribution < -0.4 is 16.4 Å². The van der Waals surface area contributed by atoms with E-state index in [2.05, 4.69) is 10.6 Å². The van der Waals surface area contributed by atoms with Gasteiger partial charge in [-0.15, -0.1) is 0 Å². The minimum atomic E-state index is -2.78. The minimum absolute atomic E-state index is 0.675. The molecule has 42 heavy (non-hydrogen) atoms. The predicted octanol–water partition coefficient (Wildman–Crippen LogP) is -6.08. The van der Waals surface area contributed by atoms with E-state index < -0.39 is 122 Å². The molecule has 2 fully saturated rings. The van der Waals surface area contributed by atoms with Crippen molar-refractivity contribution >= 4 is 23.8 Å². The van der Waals surface area contributed by atoms with Gasteiger partial charge in [-0.3, -0.25) is 14.4 Å². The summed E-state index contributed by atoms with van der Waals surface area (Å²) in [6.45, 7) is 1.54. The molecule has 2 saturated heterocycles. The van der Waals surface area contributed by atoms with Crippen molar-refractivity contribution in [2.45, 2.75) is 106 Å². The Balaban J connectivity index is 2.34. The Bertz CT molecular complexity index is 972. The van der Waals surface area contributed by atoms with Crippen molar-refractivity contribution in [3.63, 3.8) is 0 Å². The first kappa shape index (κ1) is 35.6. The number of aliphatic hydroxyl groups excluding tert-OH is 6. The van der Waals surface area contributed by atoms with Crippen molar-refractivity contribution < 1.29 is 79.0 Å². The van der Waals surface area contributed by atoms with Gasteiger partial charge in [0, 0.05) is 20.3 Å². The van der Waals surface area contributed by atoms with Gasteiger partial charge in [-0.25, -0.2) is 4.79 Å². The summed E-state index contributed by atoms with van der Waals surface area (Å²) >= 11 is 0. The number of nitrogens with two attached hydrogens (primary N) is 1. The van der Waals surface area contributed by atoms with Gasteiger partial charge in [0.05, 0.1) is 31.5 Å². The fourth-order valence-corrected chi connectivity index (χ4v) is 4.56. The Morgan fingerprint density at radius 1 is 1.02 bits per heavy atom. The van der Waals surface area contributed by atoms with E-state index in [1.807, 2.05) is 0 Å². The SMILES string of the molecule is CC(=O)N[C@H]1[C@H](O[C@H](C)[C@H](N)C(=O)O)O[C@H](CO[C@]2(C(=O)O)C[C@H](O)[C@@H](NC(C)=O)[C@H]([C@H](O)[C@H](O)CO)O2)[C@H](O)[C@@H]1O. The summed E-state index contributed by atoms with van der Waals surface area (Å²) in [6, 6.07) is -4.45. The average molecular weight is 614 g/mol. The maximum absolute atomic E-state index is 12.4. The van der Waals surface area contributed by atoms with Crippen molar-refractivity contribution in [3.8, 4) is 0 Å². The summed E-state index contributed by atoms with van der Waals surface area (Å²) in [5, 5.41) is 85.6. The zero-order chi connectivity index (χ0) is 32.1. The number of carboxylic acid groups (broad SMARTS) is 2. The molecule has 2 amide bonds. The van der Waals surface area contributed by atoms with Crippen LogP contribution in [0.1, 0.15) is 27.2 Å². The quantitative estimate of drug-likeness (QED) is 0.0920. The molecule has 0 aromatic rings. The number of ether oxygens (including phenoxy) is 4. The maximum Gasteiger partial charge on any atom is 0.364 e. The number of amides is 2. The van der Waals surface area contributed by atoms with Gasteiger partial charge in [-0.05, 0) is 6.92 Å². The summed E-state index contributed by atoms with van der Waals surface area (Å²) in [7, 11) is 0. The summed E-state index contributed by atoms with van der Waals surface area (Å²) < 4.78 is 22.1. The van der Waals surface area contributed by atoms with Crippen LogP contribution in [-0.4, -0.2) is 157 Å². The Morgan fingerprint density at radius 3 is 2.10 bits per heavy atom. The number of aliphatic carboxylic acids is 2. The van der Waals surface area contributed by atoms with E-state index in [1.165, 1.54) is 6.92 Å². The molecule has 2 rings (SSSR count). The van der Waals surface area contributed by atoms with Crippen LogP contribution in [0.3, 0.4) is 0 Å². The van der Waals surface area contributed by atoms with Gasteiger partial charge < -0.3 is 76.2 Å². The molecule has 0 radical (unpaired) electrons. The summed E-state index contributed by atoms with van der Waals surface area (Å²) in [6.07, 6.45) is -16.5. The molecule has 242 valence electrons. The van der Waals surface area contributed by atoms with Gasteiger partial charge >= 0.3 is 11.9 Å². The molecule has 0 aliphatic carbocycles. The normalized spacial score (nSPS) is 36.2. The zero-order valence-corrected chi connectivity index (χ0v) is 23.0. The lowest BCUT2D eigenvalue weighted by molar-refractivity contribution is -0.332. The van der Waals surface area contributed by atoms with Crippen LogP contribution in [0.4, 0.5) is 0 Å². The molecule has 2 heterocycles. The highest BCUT2D eigenvalue weighted by atomic mass is 16.7. The third-order valence-electron chi connectivity index (χ3n) is 6.88. The number of nitrogens with one attached hydrogen (secondary N) is 2. The van der Waals surface area contributed by atoms with Crippen molar-refractivity contribution in [1.82, 2.24) is 10.6 Å².